The Bertz CT molecular complexity index is 809. The van der Waals surface area contributed by atoms with Gasteiger partial charge in [-0.1, -0.05) is 24.3 Å². The fraction of sp³-hybridized carbons (Fsp3) is 0.364. The summed E-state index contributed by atoms with van der Waals surface area (Å²) in [4.78, 5) is 0. The summed E-state index contributed by atoms with van der Waals surface area (Å²) >= 11 is 0. The number of rotatable bonds is 8. The number of aryl methyl sites for hydroxylation is 2. The van der Waals surface area contributed by atoms with Gasteiger partial charge in [-0.3, -0.25) is 10.7 Å². The zero-order chi connectivity index (χ0) is 19.2. The number of hydrogen-bond donors (Lipinski definition) is 2. The minimum atomic E-state index is -1.15. The van der Waals surface area contributed by atoms with Gasteiger partial charge in [0.2, 0.25) is 0 Å². The Morgan fingerprint density at radius 3 is 2.11 bits per heavy atom. The number of unbranched alkanes of at least 4 members (excludes halogenated alkanes) is 1. The van der Waals surface area contributed by atoms with E-state index < -0.39 is 17.5 Å². The van der Waals surface area contributed by atoms with E-state index in [-0.39, 0.29) is 5.56 Å². The van der Waals surface area contributed by atoms with Gasteiger partial charge in [0.25, 0.3) is 0 Å². The third-order valence-electron chi connectivity index (χ3n) is 5.17. The van der Waals surface area contributed by atoms with Gasteiger partial charge in [0.1, 0.15) is 5.82 Å². The number of halogens is 3. The first-order valence-corrected chi connectivity index (χ1v) is 9.39. The molecule has 2 aromatic rings. The molecule has 5 heteroatoms. The second-order valence-corrected chi connectivity index (χ2v) is 7.11. The average molecular weight is 375 g/mol. The van der Waals surface area contributed by atoms with Crippen LogP contribution in [0.25, 0.3) is 0 Å². The van der Waals surface area contributed by atoms with E-state index in [0.29, 0.717) is 25.3 Å². The van der Waals surface area contributed by atoms with Crippen molar-refractivity contribution in [2.24, 2.45) is 0 Å². The van der Waals surface area contributed by atoms with Crippen LogP contribution < -0.4 is 5.48 Å². The molecule has 2 nitrogen and oxygen atoms in total. The summed E-state index contributed by atoms with van der Waals surface area (Å²) in [5.74, 6) is -2.84. The smallest absolute Gasteiger partial charge is 0.161 e. The third kappa shape index (κ3) is 5.13. The lowest BCUT2D eigenvalue weighted by molar-refractivity contribution is 0.194. The summed E-state index contributed by atoms with van der Waals surface area (Å²) < 4.78 is 39.7. The summed E-state index contributed by atoms with van der Waals surface area (Å²) in [7, 11) is 0. The summed E-state index contributed by atoms with van der Waals surface area (Å²) in [6.07, 6.45) is 6.77. The van der Waals surface area contributed by atoms with E-state index in [1.807, 2.05) is 0 Å². The Labute approximate surface area is 157 Å². The number of hydroxylamine groups is 1. The van der Waals surface area contributed by atoms with Crippen molar-refractivity contribution in [2.75, 3.05) is 0 Å². The fourth-order valence-corrected chi connectivity index (χ4v) is 3.33. The van der Waals surface area contributed by atoms with Crippen LogP contribution in [0.5, 0.6) is 0 Å². The monoisotopic (exact) mass is 375 g/mol. The minimum absolute atomic E-state index is 0.220. The highest BCUT2D eigenvalue weighted by atomic mass is 19.2. The molecule has 1 aliphatic carbocycles. The Hall–Kier alpha value is -2.27. The number of nitrogens with one attached hydrogen (secondary N) is 1. The van der Waals surface area contributed by atoms with Crippen LogP contribution in [-0.2, 0) is 19.3 Å². The van der Waals surface area contributed by atoms with E-state index in [4.69, 9.17) is 0 Å². The molecule has 0 atom stereocenters. The van der Waals surface area contributed by atoms with E-state index >= 15 is 0 Å². The largest absolute Gasteiger partial charge is 0.291 e. The first kappa shape index (κ1) is 19.5. The van der Waals surface area contributed by atoms with Crippen LogP contribution in [0.4, 0.5) is 13.2 Å². The maximum absolute atomic E-state index is 13.6. The molecule has 0 bridgehead atoms. The Kier molecular flexibility index (Phi) is 6.56. The van der Waals surface area contributed by atoms with Crippen LogP contribution in [0, 0.1) is 17.5 Å². The molecule has 1 aliphatic rings. The number of allylic oxidation sites excluding steroid dienone is 2. The molecule has 1 saturated carbocycles. The molecule has 1 fully saturated rings. The van der Waals surface area contributed by atoms with Crippen LogP contribution in [0.1, 0.15) is 48.8 Å². The predicted molar refractivity (Wildman–Crippen MR) is 98.9 cm³/mol. The highest BCUT2D eigenvalue weighted by Gasteiger charge is 2.14. The van der Waals surface area contributed by atoms with Gasteiger partial charge in [0.15, 0.2) is 11.6 Å². The normalized spacial score (nSPS) is 13.4. The Morgan fingerprint density at radius 2 is 1.48 bits per heavy atom. The topological polar surface area (TPSA) is 32.3 Å². The first-order chi connectivity index (χ1) is 13.1. The molecule has 0 saturated heterocycles. The van der Waals surface area contributed by atoms with Gasteiger partial charge in [-0.25, -0.2) is 13.2 Å². The molecule has 0 spiro atoms. The van der Waals surface area contributed by atoms with Gasteiger partial charge >= 0.3 is 0 Å². The summed E-state index contributed by atoms with van der Waals surface area (Å²) in [6.45, 7) is 0. The van der Waals surface area contributed by atoms with Crippen molar-refractivity contribution in [3.63, 3.8) is 0 Å². The van der Waals surface area contributed by atoms with Crippen molar-refractivity contribution in [3.8, 4) is 0 Å². The fourth-order valence-electron chi connectivity index (χ4n) is 3.33. The van der Waals surface area contributed by atoms with E-state index in [9.17, 15) is 18.4 Å². The zero-order valence-electron chi connectivity index (χ0n) is 15.2. The zero-order valence-corrected chi connectivity index (χ0v) is 15.2. The molecular weight excluding hydrogens is 351 g/mol. The van der Waals surface area contributed by atoms with E-state index in [1.54, 1.807) is 0 Å². The molecule has 144 valence electrons. The molecule has 0 heterocycles. The van der Waals surface area contributed by atoms with E-state index in [0.717, 1.165) is 43.0 Å². The molecule has 0 radical (unpaired) electrons. The van der Waals surface area contributed by atoms with Crippen LogP contribution >= 0.6 is 0 Å². The Morgan fingerprint density at radius 1 is 0.852 bits per heavy atom. The van der Waals surface area contributed by atoms with Crippen molar-refractivity contribution in [1.82, 2.24) is 5.48 Å². The highest BCUT2D eigenvalue weighted by Crippen LogP contribution is 2.29. The highest BCUT2D eigenvalue weighted by molar-refractivity contribution is 5.29. The van der Waals surface area contributed by atoms with Crippen molar-refractivity contribution < 1.29 is 18.4 Å². The van der Waals surface area contributed by atoms with E-state index in [2.05, 4.69) is 29.7 Å². The van der Waals surface area contributed by atoms with Gasteiger partial charge in [0, 0.05) is 18.2 Å². The lowest BCUT2D eigenvalue weighted by Crippen LogP contribution is -2.16. The maximum Gasteiger partial charge on any atom is 0.161 e. The van der Waals surface area contributed by atoms with Crippen LogP contribution in [0.15, 0.2) is 47.7 Å². The van der Waals surface area contributed by atoms with E-state index in [1.165, 1.54) is 17.6 Å². The quantitative estimate of drug-likeness (QED) is 0.356. The molecule has 0 unspecified atom stereocenters. The van der Waals surface area contributed by atoms with Crippen LogP contribution in [0.2, 0.25) is 0 Å². The van der Waals surface area contributed by atoms with Crippen LogP contribution in [-0.4, -0.2) is 5.21 Å². The summed E-state index contributed by atoms with van der Waals surface area (Å²) in [6, 6.07) is 9.80. The van der Waals surface area contributed by atoms with Crippen molar-refractivity contribution in [1.29, 1.82) is 0 Å². The lowest BCUT2D eigenvalue weighted by Gasteiger charge is -2.21. The molecule has 27 heavy (non-hydrogen) atoms. The van der Waals surface area contributed by atoms with Gasteiger partial charge in [-0.15, -0.1) is 0 Å². The summed E-state index contributed by atoms with van der Waals surface area (Å²) in [5, 5.41) is 9.29. The minimum Gasteiger partial charge on any atom is -0.291 e. The number of hydrogen-bond acceptors (Lipinski definition) is 2. The molecule has 2 aromatic carbocycles. The molecule has 0 aliphatic heterocycles. The van der Waals surface area contributed by atoms with Gasteiger partial charge in [0.05, 0.1) is 0 Å². The maximum atomic E-state index is 13.6. The van der Waals surface area contributed by atoms with Gasteiger partial charge in [-0.05, 0) is 73.3 Å². The van der Waals surface area contributed by atoms with Gasteiger partial charge in [-0.2, -0.15) is 0 Å². The SMILES string of the molecule is ONC(Cc1ccc(CCCCc2cc(F)c(F)cc2F)cc1)=C1CCC1. The Balaban J connectivity index is 1.47. The van der Waals surface area contributed by atoms with Gasteiger partial charge < -0.3 is 0 Å². The number of benzene rings is 2. The van der Waals surface area contributed by atoms with Crippen molar-refractivity contribution in [3.05, 3.63) is 81.8 Å². The molecule has 0 aromatic heterocycles. The van der Waals surface area contributed by atoms with Crippen LogP contribution in [0.3, 0.4) is 0 Å². The predicted octanol–water partition coefficient (Wildman–Crippen LogP) is 5.63. The van der Waals surface area contributed by atoms with Crippen molar-refractivity contribution in [2.45, 2.75) is 51.4 Å². The van der Waals surface area contributed by atoms with Crippen molar-refractivity contribution >= 4 is 0 Å². The molecule has 3 rings (SSSR count). The molecular formula is C22H24F3NO. The second kappa shape index (κ2) is 9.09. The molecule has 2 N–H and O–H groups in total. The lowest BCUT2D eigenvalue weighted by atomic mass is 9.89. The first-order valence-electron chi connectivity index (χ1n) is 9.39. The molecule has 0 amide bonds. The summed E-state index contributed by atoms with van der Waals surface area (Å²) in [5.41, 5.74) is 7.07. The third-order valence-corrected chi connectivity index (χ3v) is 5.17. The standard InChI is InChI=1S/C22H24F3NO/c23-19-14-21(25)20(24)13-18(19)5-2-1-4-15-8-10-16(11-9-15)12-22(26-27)17-6-3-7-17/h8-11,13-14,26-27H,1-7,12H2. The second-order valence-electron chi connectivity index (χ2n) is 7.11. The average Bonchev–Trinajstić information content (AvgIpc) is 2.62.